The zero-order chi connectivity index (χ0) is 23.5. The van der Waals surface area contributed by atoms with Gasteiger partial charge in [0.15, 0.2) is 0 Å². The Morgan fingerprint density at radius 3 is 2.53 bits per heavy atom. The molecule has 7 nitrogen and oxygen atoms in total. The predicted octanol–water partition coefficient (Wildman–Crippen LogP) is 4.35. The third-order valence-corrected chi connectivity index (χ3v) is 6.59. The van der Waals surface area contributed by atoms with Gasteiger partial charge in [0.2, 0.25) is 21.6 Å². The van der Waals surface area contributed by atoms with Crippen LogP contribution in [0.4, 0.5) is 5.69 Å². The maximum atomic E-state index is 9.22. The van der Waals surface area contributed by atoms with Crippen molar-refractivity contribution >= 4 is 56.4 Å². The Balaban J connectivity index is 0.000000427. The molecule has 10 heteroatoms. The highest BCUT2D eigenvalue weighted by Crippen LogP contribution is 2.47. The van der Waals surface area contributed by atoms with Crippen LogP contribution in [0.15, 0.2) is 58.5 Å². The normalized spacial score (nSPS) is 14.3. The SMILES string of the molecule is CCOc1ccc2c(c1)S/C(=C\c1ccc3ccc(Cl)cc3[n+]1C)N2C.COS(=O)(=O)[O-]. The highest BCUT2D eigenvalue weighted by molar-refractivity contribution is 8.03. The topological polar surface area (TPSA) is 82.8 Å². The number of nitrogens with zero attached hydrogens (tertiary/aromatic N) is 2. The van der Waals surface area contributed by atoms with Gasteiger partial charge in [-0.25, -0.2) is 8.42 Å². The number of thioether (sulfide) groups is 1. The van der Waals surface area contributed by atoms with Gasteiger partial charge in [0.1, 0.15) is 12.8 Å². The number of ether oxygens (including phenoxy) is 1. The van der Waals surface area contributed by atoms with Crippen molar-refractivity contribution < 1.29 is 26.5 Å². The molecule has 1 aliphatic rings. The molecule has 0 N–H and O–H groups in total. The van der Waals surface area contributed by atoms with Crippen molar-refractivity contribution in [3.63, 3.8) is 0 Å². The first-order valence-electron chi connectivity index (χ1n) is 9.63. The van der Waals surface area contributed by atoms with E-state index in [2.05, 4.69) is 64.2 Å². The fourth-order valence-corrected chi connectivity index (χ4v) is 4.47. The highest BCUT2D eigenvalue weighted by atomic mass is 35.5. The maximum Gasteiger partial charge on any atom is 0.217 e. The van der Waals surface area contributed by atoms with Gasteiger partial charge in [0.25, 0.3) is 0 Å². The van der Waals surface area contributed by atoms with Gasteiger partial charge < -0.3 is 14.2 Å². The van der Waals surface area contributed by atoms with Crippen LogP contribution in [-0.2, 0) is 21.6 Å². The first kappa shape index (κ1) is 24.3. The van der Waals surface area contributed by atoms with Gasteiger partial charge >= 0.3 is 0 Å². The molecule has 1 aromatic heterocycles. The lowest BCUT2D eigenvalue weighted by Gasteiger charge is -2.13. The van der Waals surface area contributed by atoms with Gasteiger partial charge in [0, 0.05) is 40.6 Å². The Morgan fingerprint density at radius 1 is 1.19 bits per heavy atom. The van der Waals surface area contributed by atoms with E-state index in [9.17, 15) is 13.0 Å². The molecule has 4 rings (SSSR count). The Bertz CT molecular complexity index is 1280. The third-order valence-electron chi connectivity index (χ3n) is 4.80. The maximum absolute atomic E-state index is 9.22. The van der Waals surface area contributed by atoms with E-state index in [4.69, 9.17) is 16.3 Å². The summed E-state index contributed by atoms with van der Waals surface area (Å²) in [6.45, 7) is 2.68. The summed E-state index contributed by atoms with van der Waals surface area (Å²) < 4.78 is 38.8. The number of halogens is 1. The van der Waals surface area contributed by atoms with Gasteiger partial charge in [-0.15, -0.1) is 0 Å². The summed E-state index contributed by atoms with van der Waals surface area (Å²) in [5.74, 6) is 0.916. The van der Waals surface area contributed by atoms with Crippen LogP contribution in [-0.4, -0.2) is 33.7 Å². The van der Waals surface area contributed by atoms with Crippen molar-refractivity contribution in [1.82, 2.24) is 0 Å². The molecule has 0 atom stereocenters. The first-order chi connectivity index (χ1) is 15.1. The van der Waals surface area contributed by atoms with E-state index >= 15 is 0 Å². The number of aromatic nitrogens is 1. The number of benzene rings is 2. The quantitative estimate of drug-likeness (QED) is 0.303. The summed E-state index contributed by atoms with van der Waals surface area (Å²) >= 11 is 7.95. The molecule has 2 aromatic carbocycles. The van der Waals surface area contributed by atoms with Crippen molar-refractivity contribution in [1.29, 1.82) is 0 Å². The molecule has 0 saturated heterocycles. The van der Waals surface area contributed by atoms with Crippen LogP contribution >= 0.6 is 23.4 Å². The molecule has 0 spiro atoms. The van der Waals surface area contributed by atoms with Gasteiger partial charge in [-0.1, -0.05) is 23.4 Å². The lowest BCUT2D eigenvalue weighted by molar-refractivity contribution is -0.646. The number of pyridine rings is 1. The van der Waals surface area contributed by atoms with Crippen molar-refractivity contribution in [2.24, 2.45) is 7.05 Å². The molecular weight excluding hydrogens is 472 g/mol. The minimum atomic E-state index is -4.41. The molecule has 0 fully saturated rings. The number of anilines is 1. The van der Waals surface area contributed by atoms with Gasteiger partial charge in [0.05, 0.1) is 24.4 Å². The zero-order valence-corrected chi connectivity index (χ0v) is 20.4. The fourth-order valence-electron chi connectivity index (χ4n) is 3.18. The minimum absolute atomic E-state index is 0.678. The summed E-state index contributed by atoms with van der Waals surface area (Å²) in [5.41, 5.74) is 3.46. The second kappa shape index (κ2) is 10.1. The zero-order valence-electron chi connectivity index (χ0n) is 18.0. The summed E-state index contributed by atoms with van der Waals surface area (Å²) in [6.07, 6.45) is 2.21. The van der Waals surface area contributed by atoms with Gasteiger partial charge in [-0.05, 0) is 43.3 Å². The Hall–Kier alpha value is -2.30. The Morgan fingerprint density at radius 2 is 1.88 bits per heavy atom. The first-order valence-corrected chi connectivity index (χ1v) is 12.2. The smallest absolute Gasteiger partial charge is 0.217 e. The van der Waals surface area contributed by atoms with E-state index < -0.39 is 10.4 Å². The van der Waals surface area contributed by atoms with Crippen LogP contribution < -0.4 is 14.2 Å². The molecule has 2 heterocycles. The minimum Gasteiger partial charge on any atom is -0.726 e. The molecule has 0 aliphatic carbocycles. The summed E-state index contributed by atoms with van der Waals surface area (Å²) in [4.78, 5) is 3.44. The van der Waals surface area contributed by atoms with Crippen LogP contribution in [0.25, 0.3) is 17.0 Å². The Labute approximate surface area is 197 Å². The van der Waals surface area contributed by atoms with E-state index in [1.165, 1.54) is 21.0 Å². The average Bonchev–Trinajstić information content (AvgIpc) is 3.05. The van der Waals surface area contributed by atoms with Crippen LogP contribution in [0.2, 0.25) is 5.02 Å². The summed E-state index contributed by atoms with van der Waals surface area (Å²) in [5, 5.41) is 3.11. The molecular formula is C22H23ClN2O5S2. The number of aryl methyl sites for hydroxylation is 1. The van der Waals surface area contributed by atoms with Crippen molar-refractivity contribution in [3.8, 4) is 5.75 Å². The molecule has 0 amide bonds. The molecule has 0 unspecified atom stereocenters. The summed E-state index contributed by atoms with van der Waals surface area (Å²) in [6, 6.07) is 16.5. The summed E-state index contributed by atoms with van der Waals surface area (Å²) in [7, 11) is 0.570. The largest absolute Gasteiger partial charge is 0.726 e. The molecule has 0 radical (unpaired) electrons. The fraction of sp³-hybridized carbons (Fsp3) is 0.227. The second-order valence-corrected chi connectivity index (χ2v) is 9.45. The van der Waals surface area contributed by atoms with Crippen LogP contribution in [0.1, 0.15) is 12.6 Å². The van der Waals surface area contributed by atoms with Gasteiger partial charge in [-0.3, -0.25) is 4.18 Å². The molecule has 3 aromatic rings. The van der Waals surface area contributed by atoms with Crippen molar-refractivity contribution in [2.45, 2.75) is 11.8 Å². The molecule has 1 aliphatic heterocycles. The van der Waals surface area contributed by atoms with E-state index in [1.54, 1.807) is 11.8 Å². The number of hydrogen-bond donors (Lipinski definition) is 0. The standard InChI is InChI=1S/C21H20ClN2OS.CH4O4S/c1-4-25-17-9-10-18-20(13-17)26-21(24(18)3)12-16-8-6-14-5-7-15(22)11-19(14)23(16)2;1-5-6(2,3)4/h5-13H,4H2,1-3H3;1H3,(H,2,3,4)/q+1;/p-1. The van der Waals surface area contributed by atoms with E-state index in [0.29, 0.717) is 6.61 Å². The third kappa shape index (κ3) is 5.73. The number of fused-ring (bicyclic) bond motifs is 2. The van der Waals surface area contributed by atoms with Crippen molar-refractivity contribution in [2.75, 3.05) is 25.7 Å². The van der Waals surface area contributed by atoms with Crippen molar-refractivity contribution in [3.05, 3.63) is 64.3 Å². The highest BCUT2D eigenvalue weighted by Gasteiger charge is 2.24. The lowest BCUT2D eigenvalue weighted by Crippen LogP contribution is -2.33. The molecule has 170 valence electrons. The van der Waals surface area contributed by atoms with E-state index in [-0.39, 0.29) is 0 Å². The monoisotopic (exact) mass is 494 g/mol. The van der Waals surface area contributed by atoms with E-state index in [1.807, 2.05) is 25.1 Å². The molecule has 32 heavy (non-hydrogen) atoms. The van der Waals surface area contributed by atoms with Crippen LogP contribution in [0.3, 0.4) is 0 Å². The number of rotatable bonds is 4. The second-order valence-electron chi connectivity index (χ2n) is 6.80. The molecule has 0 bridgehead atoms. The van der Waals surface area contributed by atoms with Crippen LogP contribution in [0, 0.1) is 0 Å². The average molecular weight is 495 g/mol. The Kier molecular flexibility index (Phi) is 7.68. The lowest BCUT2D eigenvalue weighted by atomic mass is 10.2. The van der Waals surface area contributed by atoms with Gasteiger partial charge in [-0.2, -0.15) is 4.57 Å². The van der Waals surface area contributed by atoms with Crippen LogP contribution in [0.5, 0.6) is 5.75 Å². The van der Waals surface area contributed by atoms with E-state index in [0.717, 1.165) is 29.1 Å². The molecule has 0 saturated carbocycles. The predicted molar refractivity (Wildman–Crippen MR) is 127 cm³/mol. The number of hydrogen-bond acceptors (Lipinski definition) is 7.